The average Bonchev–Trinajstić information content (AvgIpc) is 2.85. The fourth-order valence-electron chi connectivity index (χ4n) is 2.20. The summed E-state index contributed by atoms with van der Waals surface area (Å²) in [6.07, 6.45) is 2.34. The molecular weight excluding hydrogens is 258 g/mol. The largest absolute Gasteiger partial charge is 0.467 e. The van der Waals surface area contributed by atoms with E-state index >= 15 is 0 Å². The zero-order chi connectivity index (χ0) is 13.2. The monoisotopic (exact) mass is 271 g/mol. The third kappa shape index (κ3) is 2.49. The van der Waals surface area contributed by atoms with Gasteiger partial charge in [-0.2, -0.15) is 0 Å². The number of pyridine rings is 1. The minimum absolute atomic E-state index is 0.177. The highest BCUT2D eigenvalue weighted by atomic mass is 35.5. The van der Waals surface area contributed by atoms with Gasteiger partial charge in [-0.15, -0.1) is 11.6 Å². The highest BCUT2D eigenvalue weighted by Gasteiger charge is 2.15. The molecule has 1 aromatic carbocycles. The summed E-state index contributed by atoms with van der Waals surface area (Å²) in [6.45, 7) is 2.00. The van der Waals surface area contributed by atoms with E-state index < -0.39 is 0 Å². The van der Waals surface area contributed by atoms with Crippen LogP contribution in [0.5, 0.6) is 0 Å². The number of aryl methyl sites for hydroxylation is 1. The van der Waals surface area contributed by atoms with Gasteiger partial charge in [-0.1, -0.05) is 24.3 Å². The van der Waals surface area contributed by atoms with E-state index in [4.69, 9.17) is 16.0 Å². The number of fused-ring (bicyclic) bond motifs is 1. The molecule has 0 fully saturated rings. The molecule has 0 radical (unpaired) electrons. The lowest BCUT2D eigenvalue weighted by Crippen LogP contribution is -1.98. The van der Waals surface area contributed by atoms with Crippen LogP contribution in [0.1, 0.15) is 22.4 Å². The molecule has 1 unspecified atom stereocenters. The Hall–Kier alpha value is -1.80. The van der Waals surface area contributed by atoms with Gasteiger partial charge >= 0.3 is 0 Å². The van der Waals surface area contributed by atoms with Crippen molar-refractivity contribution in [2.75, 3.05) is 0 Å². The van der Waals surface area contributed by atoms with E-state index in [1.165, 1.54) is 0 Å². The summed E-state index contributed by atoms with van der Waals surface area (Å²) in [5, 5.41) is 0.968. The molecule has 2 heterocycles. The van der Waals surface area contributed by atoms with Crippen LogP contribution in [-0.2, 0) is 6.42 Å². The first-order valence-corrected chi connectivity index (χ1v) is 6.70. The predicted molar refractivity (Wildman–Crippen MR) is 77.5 cm³/mol. The van der Waals surface area contributed by atoms with Crippen molar-refractivity contribution in [3.63, 3.8) is 0 Å². The van der Waals surface area contributed by atoms with Crippen molar-refractivity contribution in [2.45, 2.75) is 18.7 Å². The Morgan fingerprint density at radius 1 is 1.16 bits per heavy atom. The molecule has 0 amide bonds. The third-order valence-corrected chi connectivity index (χ3v) is 3.58. The van der Waals surface area contributed by atoms with Crippen molar-refractivity contribution in [3.05, 3.63) is 65.7 Å². The van der Waals surface area contributed by atoms with E-state index in [2.05, 4.69) is 17.1 Å². The van der Waals surface area contributed by atoms with Crippen molar-refractivity contribution in [2.24, 2.45) is 0 Å². The minimum atomic E-state index is -0.177. The first-order chi connectivity index (χ1) is 9.24. The topological polar surface area (TPSA) is 26.0 Å². The number of nitrogens with zero attached hydrogens (tertiary/aromatic N) is 1. The summed E-state index contributed by atoms with van der Waals surface area (Å²) in [4.78, 5) is 4.63. The summed E-state index contributed by atoms with van der Waals surface area (Å²) in [5.74, 6) is 0.830. The van der Waals surface area contributed by atoms with Crippen LogP contribution in [0, 0.1) is 6.92 Å². The predicted octanol–water partition coefficient (Wildman–Crippen LogP) is 4.66. The van der Waals surface area contributed by atoms with Gasteiger partial charge in [-0.25, -0.2) is 0 Å². The number of hydrogen-bond donors (Lipinski definition) is 0. The molecule has 0 bridgehead atoms. The number of benzene rings is 1. The molecule has 0 N–H and O–H groups in total. The second-order valence-electron chi connectivity index (χ2n) is 4.63. The van der Waals surface area contributed by atoms with Crippen LogP contribution < -0.4 is 0 Å². The molecule has 3 rings (SSSR count). The Morgan fingerprint density at radius 3 is 2.79 bits per heavy atom. The average molecular weight is 272 g/mol. The summed E-state index contributed by atoms with van der Waals surface area (Å²) in [7, 11) is 0. The van der Waals surface area contributed by atoms with E-state index in [-0.39, 0.29) is 5.38 Å². The molecule has 0 aliphatic rings. The minimum Gasteiger partial charge on any atom is -0.467 e. The highest BCUT2D eigenvalue weighted by molar-refractivity contribution is 6.20. The van der Waals surface area contributed by atoms with Crippen molar-refractivity contribution < 1.29 is 4.42 Å². The Labute approximate surface area is 117 Å². The standard InChI is InChI=1S/C16H14ClNO/c1-11-8-9-19-16(11)14(17)10-13-7-6-12-4-2-3-5-15(12)18-13/h2-9,14H,10H2,1H3. The number of alkyl halides is 1. The van der Waals surface area contributed by atoms with Gasteiger partial charge in [0.05, 0.1) is 17.2 Å². The number of halogens is 1. The van der Waals surface area contributed by atoms with Crippen molar-refractivity contribution in [1.82, 2.24) is 4.98 Å². The molecule has 3 heteroatoms. The van der Waals surface area contributed by atoms with E-state index in [1.54, 1.807) is 6.26 Å². The normalized spacial score (nSPS) is 12.7. The lowest BCUT2D eigenvalue weighted by atomic mass is 10.1. The molecule has 1 atom stereocenters. The van der Waals surface area contributed by atoms with E-state index in [0.29, 0.717) is 6.42 Å². The van der Waals surface area contributed by atoms with Gasteiger partial charge in [0.2, 0.25) is 0 Å². The highest BCUT2D eigenvalue weighted by Crippen LogP contribution is 2.28. The molecule has 96 valence electrons. The molecule has 2 nitrogen and oxygen atoms in total. The van der Waals surface area contributed by atoms with Crippen LogP contribution in [0.2, 0.25) is 0 Å². The van der Waals surface area contributed by atoms with Gasteiger partial charge in [0.15, 0.2) is 0 Å². The van der Waals surface area contributed by atoms with Gasteiger partial charge < -0.3 is 4.42 Å². The molecule has 3 aromatic rings. The Bertz CT molecular complexity index is 705. The lowest BCUT2D eigenvalue weighted by Gasteiger charge is -2.08. The first-order valence-electron chi connectivity index (χ1n) is 6.27. The summed E-state index contributed by atoms with van der Waals surface area (Å²) < 4.78 is 5.43. The van der Waals surface area contributed by atoms with Crippen LogP contribution in [0.15, 0.2) is 53.1 Å². The van der Waals surface area contributed by atoms with E-state index in [0.717, 1.165) is 27.9 Å². The van der Waals surface area contributed by atoms with Crippen LogP contribution in [-0.4, -0.2) is 4.98 Å². The van der Waals surface area contributed by atoms with Gasteiger partial charge in [-0.05, 0) is 30.7 Å². The molecule has 0 aliphatic heterocycles. The maximum absolute atomic E-state index is 6.40. The van der Waals surface area contributed by atoms with Gasteiger partial charge in [0.1, 0.15) is 5.76 Å². The number of furan rings is 1. The SMILES string of the molecule is Cc1ccoc1C(Cl)Cc1ccc2ccccc2n1. The summed E-state index contributed by atoms with van der Waals surface area (Å²) in [5.41, 5.74) is 3.07. The zero-order valence-corrected chi connectivity index (χ0v) is 11.4. The Morgan fingerprint density at radius 2 is 2.00 bits per heavy atom. The maximum atomic E-state index is 6.40. The smallest absolute Gasteiger partial charge is 0.124 e. The van der Waals surface area contributed by atoms with Crippen molar-refractivity contribution in [1.29, 1.82) is 0 Å². The fourth-order valence-corrected chi connectivity index (χ4v) is 2.59. The van der Waals surface area contributed by atoms with Crippen molar-refractivity contribution >= 4 is 22.5 Å². The zero-order valence-electron chi connectivity index (χ0n) is 10.6. The number of aromatic nitrogens is 1. The maximum Gasteiger partial charge on any atom is 0.124 e. The number of hydrogen-bond acceptors (Lipinski definition) is 2. The van der Waals surface area contributed by atoms with E-state index in [1.807, 2.05) is 37.3 Å². The number of para-hydroxylation sites is 1. The van der Waals surface area contributed by atoms with Crippen LogP contribution in [0.4, 0.5) is 0 Å². The van der Waals surface area contributed by atoms with Gasteiger partial charge in [0.25, 0.3) is 0 Å². The second kappa shape index (κ2) is 5.06. The second-order valence-corrected chi connectivity index (χ2v) is 5.16. The first kappa shape index (κ1) is 12.2. The van der Waals surface area contributed by atoms with Crippen LogP contribution in [0.25, 0.3) is 10.9 Å². The molecule has 0 saturated heterocycles. The molecule has 0 saturated carbocycles. The molecule has 0 spiro atoms. The third-order valence-electron chi connectivity index (χ3n) is 3.23. The summed E-state index contributed by atoms with van der Waals surface area (Å²) >= 11 is 6.40. The molecular formula is C16H14ClNO. The lowest BCUT2D eigenvalue weighted by molar-refractivity contribution is 0.498. The summed E-state index contributed by atoms with van der Waals surface area (Å²) in [6, 6.07) is 14.1. The molecule has 19 heavy (non-hydrogen) atoms. The van der Waals surface area contributed by atoms with Crippen LogP contribution in [0.3, 0.4) is 0 Å². The number of rotatable bonds is 3. The van der Waals surface area contributed by atoms with Crippen LogP contribution >= 0.6 is 11.6 Å². The Balaban J connectivity index is 1.87. The van der Waals surface area contributed by atoms with Crippen molar-refractivity contribution in [3.8, 4) is 0 Å². The van der Waals surface area contributed by atoms with Gasteiger partial charge in [-0.3, -0.25) is 4.98 Å². The Kier molecular flexibility index (Phi) is 3.26. The quantitative estimate of drug-likeness (QED) is 0.648. The molecule has 2 aromatic heterocycles. The van der Waals surface area contributed by atoms with E-state index in [9.17, 15) is 0 Å². The molecule has 0 aliphatic carbocycles. The van der Waals surface area contributed by atoms with Gasteiger partial charge in [0, 0.05) is 17.5 Å². The fraction of sp³-hybridized carbons (Fsp3) is 0.188.